The van der Waals surface area contributed by atoms with Crippen LogP contribution >= 0.6 is 0 Å². The SMILES string of the molecule is Cc1ccc(C(=O)N(C)C(c2ccccc2)c2ccccn2)cc1NC(=O)c1ccco1. The van der Waals surface area contributed by atoms with E-state index in [1.54, 1.807) is 42.4 Å². The molecular formula is C26H23N3O3. The summed E-state index contributed by atoms with van der Waals surface area (Å²) >= 11 is 0. The van der Waals surface area contributed by atoms with E-state index < -0.39 is 0 Å². The average Bonchev–Trinajstić information content (AvgIpc) is 3.37. The van der Waals surface area contributed by atoms with Crippen LogP contribution in [0.2, 0.25) is 0 Å². The third-order valence-electron chi connectivity index (χ3n) is 5.27. The Balaban J connectivity index is 1.64. The first-order valence-electron chi connectivity index (χ1n) is 10.2. The van der Waals surface area contributed by atoms with Gasteiger partial charge in [0.25, 0.3) is 11.8 Å². The van der Waals surface area contributed by atoms with Crippen LogP contribution in [-0.4, -0.2) is 28.7 Å². The number of benzene rings is 2. The molecule has 4 rings (SSSR count). The normalized spacial score (nSPS) is 11.6. The number of amides is 2. The van der Waals surface area contributed by atoms with Crippen molar-refractivity contribution in [3.8, 4) is 0 Å². The number of nitrogens with zero attached hydrogens (tertiary/aromatic N) is 2. The highest BCUT2D eigenvalue weighted by Gasteiger charge is 2.26. The van der Waals surface area contributed by atoms with Crippen LogP contribution in [-0.2, 0) is 0 Å². The molecule has 0 aliphatic heterocycles. The van der Waals surface area contributed by atoms with Crippen LogP contribution in [0.4, 0.5) is 5.69 Å². The number of rotatable bonds is 6. The average molecular weight is 425 g/mol. The van der Waals surface area contributed by atoms with Crippen molar-refractivity contribution in [1.29, 1.82) is 0 Å². The van der Waals surface area contributed by atoms with Gasteiger partial charge in [-0.3, -0.25) is 14.6 Å². The minimum atomic E-state index is -0.369. The van der Waals surface area contributed by atoms with Gasteiger partial charge in [-0.1, -0.05) is 42.5 Å². The van der Waals surface area contributed by atoms with Gasteiger partial charge in [0.15, 0.2) is 5.76 Å². The second-order valence-electron chi connectivity index (χ2n) is 7.45. The zero-order valence-electron chi connectivity index (χ0n) is 17.9. The van der Waals surface area contributed by atoms with E-state index in [0.717, 1.165) is 16.8 Å². The number of aryl methyl sites for hydroxylation is 1. The molecule has 1 unspecified atom stereocenters. The van der Waals surface area contributed by atoms with E-state index in [1.165, 1.54) is 6.26 Å². The zero-order chi connectivity index (χ0) is 22.5. The van der Waals surface area contributed by atoms with Gasteiger partial charge in [0, 0.05) is 24.5 Å². The Morgan fingerprint density at radius 3 is 2.44 bits per heavy atom. The van der Waals surface area contributed by atoms with E-state index in [2.05, 4.69) is 10.3 Å². The summed E-state index contributed by atoms with van der Waals surface area (Å²) in [7, 11) is 1.76. The summed E-state index contributed by atoms with van der Waals surface area (Å²) in [4.78, 5) is 32.0. The summed E-state index contributed by atoms with van der Waals surface area (Å²) in [6, 6.07) is 23.6. The van der Waals surface area contributed by atoms with Crippen molar-refractivity contribution >= 4 is 17.5 Å². The van der Waals surface area contributed by atoms with E-state index in [9.17, 15) is 9.59 Å². The summed E-state index contributed by atoms with van der Waals surface area (Å²) in [5.74, 6) is -0.345. The molecular weight excluding hydrogens is 402 g/mol. The maximum Gasteiger partial charge on any atom is 0.291 e. The lowest BCUT2D eigenvalue weighted by molar-refractivity contribution is 0.0752. The minimum Gasteiger partial charge on any atom is -0.459 e. The maximum atomic E-state index is 13.5. The lowest BCUT2D eigenvalue weighted by Gasteiger charge is -2.28. The molecule has 2 heterocycles. The van der Waals surface area contributed by atoms with Crippen LogP contribution in [0, 0.1) is 6.92 Å². The molecule has 0 saturated heterocycles. The predicted molar refractivity (Wildman–Crippen MR) is 122 cm³/mol. The summed E-state index contributed by atoms with van der Waals surface area (Å²) in [6.07, 6.45) is 3.16. The quantitative estimate of drug-likeness (QED) is 0.466. The van der Waals surface area contributed by atoms with Gasteiger partial charge >= 0.3 is 0 Å². The van der Waals surface area contributed by atoms with Crippen LogP contribution in [0.5, 0.6) is 0 Å². The van der Waals surface area contributed by atoms with Crippen LogP contribution in [0.15, 0.2) is 95.7 Å². The largest absolute Gasteiger partial charge is 0.459 e. The predicted octanol–water partition coefficient (Wildman–Crippen LogP) is 5.10. The Kier molecular flexibility index (Phi) is 6.12. The number of pyridine rings is 1. The Morgan fingerprint density at radius 1 is 0.969 bits per heavy atom. The van der Waals surface area contributed by atoms with Gasteiger partial charge in [-0.25, -0.2) is 0 Å². The second-order valence-corrected chi connectivity index (χ2v) is 7.45. The van der Waals surface area contributed by atoms with Gasteiger partial charge < -0.3 is 14.6 Å². The van der Waals surface area contributed by atoms with Crippen molar-refractivity contribution in [3.05, 3.63) is 119 Å². The number of anilines is 1. The van der Waals surface area contributed by atoms with Gasteiger partial charge in [-0.05, 0) is 54.4 Å². The van der Waals surface area contributed by atoms with E-state index in [4.69, 9.17) is 4.42 Å². The van der Waals surface area contributed by atoms with Crippen LogP contribution in [0.3, 0.4) is 0 Å². The van der Waals surface area contributed by atoms with Crippen molar-refractivity contribution in [1.82, 2.24) is 9.88 Å². The van der Waals surface area contributed by atoms with Crippen molar-refractivity contribution in [2.75, 3.05) is 12.4 Å². The summed E-state index contributed by atoms with van der Waals surface area (Å²) in [6.45, 7) is 1.87. The number of furan rings is 1. The van der Waals surface area contributed by atoms with E-state index in [0.29, 0.717) is 11.3 Å². The molecule has 0 spiro atoms. The number of hydrogen-bond acceptors (Lipinski definition) is 4. The number of carbonyl (C=O) groups excluding carboxylic acids is 2. The molecule has 6 heteroatoms. The minimum absolute atomic E-state index is 0.182. The molecule has 32 heavy (non-hydrogen) atoms. The van der Waals surface area contributed by atoms with Gasteiger partial charge in [0.1, 0.15) is 0 Å². The zero-order valence-corrected chi connectivity index (χ0v) is 17.9. The molecule has 4 aromatic rings. The van der Waals surface area contributed by atoms with Crippen LogP contribution in [0.1, 0.15) is 43.8 Å². The third-order valence-corrected chi connectivity index (χ3v) is 5.27. The van der Waals surface area contributed by atoms with Crippen molar-refractivity contribution < 1.29 is 14.0 Å². The molecule has 0 bridgehead atoms. The summed E-state index contributed by atoms with van der Waals surface area (Å²) in [5.41, 5.74) is 3.59. The first-order chi connectivity index (χ1) is 15.5. The molecule has 2 aromatic carbocycles. The Labute approximate surface area is 186 Å². The molecule has 0 aliphatic rings. The molecule has 2 amide bonds. The van der Waals surface area contributed by atoms with Gasteiger partial charge in [-0.15, -0.1) is 0 Å². The summed E-state index contributed by atoms with van der Waals surface area (Å²) < 4.78 is 5.16. The standard InChI is InChI=1S/C26H23N3O3/c1-18-13-14-20(17-22(18)28-25(30)23-12-8-16-32-23)26(31)29(2)24(19-9-4-3-5-10-19)21-11-6-7-15-27-21/h3-17,24H,1-2H3,(H,28,30). The fourth-order valence-electron chi connectivity index (χ4n) is 3.57. The second kappa shape index (κ2) is 9.31. The van der Waals surface area contributed by atoms with Crippen molar-refractivity contribution in [2.24, 2.45) is 0 Å². The highest BCUT2D eigenvalue weighted by Crippen LogP contribution is 2.28. The number of carbonyl (C=O) groups is 2. The monoisotopic (exact) mass is 425 g/mol. The molecule has 1 N–H and O–H groups in total. The summed E-state index contributed by atoms with van der Waals surface area (Å²) in [5, 5.41) is 2.82. The first kappa shape index (κ1) is 21.1. The topological polar surface area (TPSA) is 75.4 Å². The molecule has 0 radical (unpaired) electrons. The Hall–Kier alpha value is -4.19. The molecule has 0 fully saturated rings. The lowest BCUT2D eigenvalue weighted by atomic mass is 10.0. The Bertz CT molecular complexity index is 1170. The van der Waals surface area contributed by atoms with Crippen LogP contribution < -0.4 is 5.32 Å². The van der Waals surface area contributed by atoms with Crippen molar-refractivity contribution in [2.45, 2.75) is 13.0 Å². The highest BCUT2D eigenvalue weighted by atomic mass is 16.3. The Morgan fingerprint density at radius 2 is 1.75 bits per heavy atom. The fraction of sp³-hybridized carbons (Fsp3) is 0.115. The fourth-order valence-corrected chi connectivity index (χ4v) is 3.57. The number of hydrogen-bond donors (Lipinski definition) is 1. The number of nitrogens with one attached hydrogen (secondary N) is 1. The number of aromatic nitrogens is 1. The molecule has 0 saturated carbocycles. The molecule has 6 nitrogen and oxygen atoms in total. The van der Waals surface area contributed by atoms with E-state index in [-0.39, 0.29) is 23.6 Å². The lowest BCUT2D eigenvalue weighted by Crippen LogP contribution is -2.32. The van der Waals surface area contributed by atoms with Gasteiger partial charge in [-0.2, -0.15) is 0 Å². The van der Waals surface area contributed by atoms with E-state index in [1.807, 2.05) is 61.5 Å². The molecule has 160 valence electrons. The van der Waals surface area contributed by atoms with Gasteiger partial charge in [0.2, 0.25) is 0 Å². The highest BCUT2D eigenvalue weighted by molar-refractivity contribution is 6.04. The van der Waals surface area contributed by atoms with Crippen molar-refractivity contribution in [3.63, 3.8) is 0 Å². The van der Waals surface area contributed by atoms with Crippen LogP contribution in [0.25, 0.3) is 0 Å². The molecule has 1 atom stereocenters. The van der Waals surface area contributed by atoms with E-state index >= 15 is 0 Å². The third kappa shape index (κ3) is 4.44. The first-order valence-corrected chi connectivity index (χ1v) is 10.2. The molecule has 0 aliphatic carbocycles. The smallest absolute Gasteiger partial charge is 0.291 e. The van der Waals surface area contributed by atoms with Gasteiger partial charge in [0.05, 0.1) is 18.0 Å². The maximum absolute atomic E-state index is 13.5. The molecule has 2 aromatic heterocycles.